The van der Waals surface area contributed by atoms with Crippen molar-refractivity contribution in [3.05, 3.63) is 23.8 Å². The summed E-state index contributed by atoms with van der Waals surface area (Å²) in [6.07, 6.45) is 0. The molecule has 3 atom stereocenters. The second kappa shape index (κ2) is 7.16. The third-order valence-corrected chi connectivity index (χ3v) is 7.11. The van der Waals surface area contributed by atoms with Gasteiger partial charge in [-0.05, 0) is 24.2 Å². The van der Waals surface area contributed by atoms with Gasteiger partial charge in [-0.2, -0.15) is 23.5 Å². The molecule has 0 amide bonds. The first-order chi connectivity index (χ1) is 10.3. The third-order valence-electron chi connectivity index (χ3n) is 3.91. The van der Waals surface area contributed by atoms with Gasteiger partial charge >= 0.3 is 0 Å². The summed E-state index contributed by atoms with van der Waals surface area (Å²) in [5, 5.41) is 4.95. The summed E-state index contributed by atoms with van der Waals surface area (Å²) >= 11 is 4.18. The van der Waals surface area contributed by atoms with Crippen LogP contribution in [0.4, 0.5) is 0 Å². The average molecular weight is 325 g/mol. The van der Waals surface area contributed by atoms with E-state index >= 15 is 0 Å². The van der Waals surface area contributed by atoms with Crippen molar-refractivity contribution in [2.24, 2.45) is 0 Å². The highest BCUT2D eigenvalue weighted by atomic mass is 32.2. The number of hydrogen-bond donors (Lipinski definition) is 1. The normalized spacial score (nSPS) is 26.4. The van der Waals surface area contributed by atoms with Crippen molar-refractivity contribution in [2.45, 2.75) is 30.4 Å². The van der Waals surface area contributed by atoms with Gasteiger partial charge in [-0.3, -0.25) is 0 Å². The van der Waals surface area contributed by atoms with Crippen molar-refractivity contribution in [2.75, 3.05) is 31.3 Å². The molecule has 2 heterocycles. The molecular formula is C16H23NO2S2. The van der Waals surface area contributed by atoms with Crippen LogP contribution in [0.1, 0.15) is 25.5 Å². The summed E-state index contributed by atoms with van der Waals surface area (Å²) in [6, 6.07) is 6.78. The Balaban J connectivity index is 1.86. The van der Waals surface area contributed by atoms with E-state index in [1.165, 1.54) is 17.1 Å². The van der Waals surface area contributed by atoms with Crippen LogP contribution in [-0.4, -0.2) is 41.8 Å². The molecule has 0 bridgehead atoms. The molecule has 1 saturated heterocycles. The van der Waals surface area contributed by atoms with Gasteiger partial charge in [0.1, 0.15) is 13.2 Å². The SMILES string of the molecule is CCNC(c1ccc2c(c1)OCCO2)C1SCCSC1C. The topological polar surface area (TPSA) is 30.5 Å². The molecule has 3 rings (SSSR count). The first kappa shape index (κ1) is 15.4. The van der Waals surface area contributed by atoms with E-state index in [0.717, 1.165) is 18.0 Å². The van der Waals surface area contributed by atoms with Gasteiger partial charge in [0.15, 0.2) is 11.5 Å². The van der Waals surface area contributed by atoms with Gasteiger partial charge in [0.25, 0.3) is 0 Å². The monoisotopic (exact) mass is 325 g/mol. The molecule has 2 aliphatic heterocycles. The lowest BCUT2D eigenvalue weighted by Gasteiger charge is -2.35. The highest BCUT2D eigenvalue weighted by Crippen LogP contribution is 2.41. The lowest BCUT2D eigenvalue weighted by atomic mass is 10.0. The van der Waals surface area contributed by atoms with Gasteiger partial charge in [-0.1, -0.05) is 19.9 Å². The minimum absolute atomic E-state index is 0.374. The van der Waals surface area contributed by atoms with Crippen molar-refractivity contribution >= 4 is 23.5 Å². The van der Waals surface area contributed by atoms with E-state index in [-0.39, 0.29) is 0 Å². The van der Waals surface area contributed by atoms with Gasteiger partial charge in [-0.15, -0.1) is 0 Å². The summed E-state index contributed by atoms with van der Waals surface area (Å²) in [5.74, 6) is 4.27. The molecule has 5 heteroatoms. The summed E-state index contributed by atoms with van der Waals surface area (Å²) in [6.45, 7) is 6.80. The molecule has 1 fully saturated rings. The number of nitrogens with one attached hydrogen (secondary N) is 1. The van der Waals surface area contributed by atoms with Crippen molar-refractivity contribution in [1.29, 1.82) is 0 Å². The number of thioether (sulfide) groups is 2. The molecule has 2 aliphatic rings. The Labute approximate surface area is 135 Å². The Morgan fingerprint density at radius 3 is 2.71 bits per heavy atom. The standard InChI is InChI=1S/C16H23NO2S2/c1-3-17-15(16-11(2)20-8-9-21-16)12-4-5-13-14(10-12)19-7-6-18-13/h4-5,10-11,15-17H,3,6-9H2,1-2H3. The fourth-order valence-electron chi connectivity index (χ4n) is 2.91. The van der Waals surface area contributed by atoms with Gasteiger partial charge in [0, 0.05) is 28.0 Å². The van der Waals surface area contributed by atoms with E-state index in [2.05, 4.69) is 60.9 Å². The lowest BCUT2D eigenvalue weighted by molar-refractivity contribution is 0.171. The molecule has 3 unspecified atom stereocenters. The predicted octanol–water partition coefficient (Wildman–Crippen LogP) is 3.35. The maximum atomic E-state index is 5.74. The fourth-order valence-corrected chi connectivity index (χ4v) is 5.86. The molecular weight excluding hydrogens is 302 g/mol. The molecule has 3 nitrogen and oxygen atoms in total. The van der Waals surface area contributed by atoms with Crippen LogP contribution in [0.2, 0.25) is 0 Å². The molecule has 1 aromatic carbocycles. The summed E-state index contributed by atoms with van der Waals surface area (Å²) in [5.41, 5.74) is 1.31. The zero-order valence-electron chi connectivity index (χ0n) is 12.6. The first-order valence-corrected chi connectivity index (χ1v) is 9.75. The number of hydrogen-bond acceptors (Lipinski definition) is 5. The minimum atomic E-state index is 0.374. The number of rotatable bonds is 4. The Morgan fingerprint density at radius 2 is 1.95 bits per heavy atom. The molecule has 0 radical (unpaired) electrons. The van der Waals surface area contributed by atoms with Crippen molar-refractivity contribution < 1.29 is 9.47 Å². The van der Waals surface area contributed by atoms with Crippen LogP contribution in [0.3, 0.4) is 0 Å². The zero-order chi connectivity index (χ0) is 14.7. The second-order valence-corrected chi connectivity index (χ2v) is 8.12. The van der Waals surface area contributed by atoms with Gasteiger partial charge in [0.05, 0.1) is 0 Å². The van der Waals surface area contributed by atoms with Crippen LogP contribution in [0.25, 0.3) is 0 Å². The lowest BCUT2D eigenvalue weighted by Crippen LogP contribution is -2.37. The molecule has 0 aromatic heterocycles. The van der Waals surface area contributed by atoms with Crippen molar-refractivity contribution in [1.82, 2.24) is 5.32 Å². The maximum absolute atomic E-state index is 5.74. The van der Waals surface area contributed by atoms with Crippen LogP contribution in [-0.2, 0) is 0 Å². The summed E-state index contributed by atoms with van der Waals surface area (Å²) in [4.78, 5) is 0. The van der Waals surface area contributed by atoms with Crippen molar-refractivity contribution in [3.8, 4) is 11.5 Å². The Kier molecular flexibility index (Phi) is 5.24. The quantitative estimate of drug-likeness (QED) is 0.917. The maximum Gasteiger partial charge on any atom is 0.161 e. The second-order valence-electron chi connectivity index (χ2n) is 5.35. The van der Waals surface area contributed by atoms with E-state index in [9.17, 15) is 0 Å². The minimum Gasteiger partial charge on any atom is -0.486 e. The van der Waals surface area contributed by atoms with Crippen LogP contribution in [0, 0.1) is 0 Å². The molecule has 1 aromatic rings. The zero-order valence-corrected chi connectivity index (χ0v) is 14.3. The van der Waals surface area contributed by atoms with E-state index in [0.29, 0.717) is 29.8 Å². The van der Waals surface area contributed by atoms with E-state index in [1.54, 1.807) is 0 Å². The van der Waals surface area contributed by atoms with Gasteiger partial charge in [-0.25, -0.2) is 0 Å². The molecule has 0 aliphatic carbocycles. The summed E-state index contributed by atoms with van der Waals surface area (Å²) < 4.78 is 11.4. The summed E-state index contributed by atoms with van der Waals surface area (Å²) in [7, 11) is 0. The van der Waals surface area contributed by atoms with E-state index in [4.69, 9.17) is 9.47 Å². The van der Waals surface area contributed by atoms with Crippen LogP contribution < -0.4 is 14.8 Å². The Morgan fingerprint density at radius 1 is 1.19 bits per heavy atom. The van der Waals surface area contributed by atoms with Crippen molar-refractivity contribution in [3.63, 3.8) is 0 Å². The molecule has 116 valence electrons. The smallest absolute Gasteiger partial charge is 0.161 e. The van der Waals surface area contributed by atoms with Gasteiger partial charge in [0.2, 0.25) is 0 Å². The van der Waals surface area contributed by atoms with Crippen LogP contribution >= 0.6 is 23.5 Å². The fraction of sp³-hybridized carbons (Fsp3) is 0.625. The van der Waals surface area contributed by atoms with E-state index < -0.39 is 0 Å². The Hall–Kier alpha value is -0.520. The molecule has 21 heavy (non-hydrogen) atoms. The molecule has 0 saturated carbocycles. The Bertz CT molecular complexity index is 483. The van der Waals surface area contributed by atoms with Crippen LogP contribution in [0.5, 0.6) is 11.5 Å². The highest BCUT2D eigenvalue weighted by Gasteiger charge is 2.31. The predicted molar refractivity (Wildman–Crippen MR) is 92.0 cm³/mol. The van der Waals surface area contributed by atoms with E-state index in [1.807, 2.05) is 0 Å². The highest BCUT2D eigenvalue weighted by molar-refractivity contribution is 8.07. The molecule has 1 N–H and O–H groups in total. The van der Waals surface area contributed by atoms with Gasteiger partial charge < -0.3 is 14.8 Å². The number of benzene rings is 1. The average Bonchev–Trinajstić information content (AvgIpc) is 2.53. The largest absolute Gasteiger partial charge is 0.486 e. The third kappa shape index (κ3) is 3.46. The first-order valence-electron chi connectivity index (χ1n) is 7.65. The number of fused-ring (bicyclic) bond motifs is 1. The van der Waals surface area contributed by atoms with Crippen LogP contribution in [0.15, 0.2) is 18.2 Å². The molecule has 0 spiro atoms. The number of ether oxygens (including phenoxy) is 2.